The first kappa shape index (κ1) is 28.1. The van der Waals surface area contributed by atoms with Crippen LogP contribution in [0.5, 0.6) is 0 Å². The molecule has 0 aromatic heterocycles. The average Bonchev–Trinajstić information content (AvgIpc) is 3.38. The van der Waals surface area contributed by atoms with Crippen molar-refractivity contribution in [3.05, 3.63) is 181 Å². The third-order valence-corrected chi connectivity index (χ3v) is 11.0. The van der Waals surface area contributed by atoms with E-state index in [4.69, 9.17) is 0 Å². The standard InChI is InChI=1S/C49H34/c1-49(2)45-22-11-10-16-37(45)44-29-35-15-12-21-42(43(35)30-46(44)49)48-40-19-8-6-17-38(40)47(39-18-7-9-20-41(39)48)36-26-25-33-27-32(23-24-34(33)28-36)31-13-4-3-5-14-31/h3-30H,1-2H3. The van der Waals surface area contributed by atoms with E-state index in [2.05, 4.69) is 184 Å². The zero-order valence-electron chi connectivity index (χ0n) is 27.7. The van der Waals surface area contributed by atoms with Gasteiger partial charge < -0.3 is 0 Å². The molecule has 0 unspecified atom stereocenters. The predicted octanol–water partition coefficient (Wildman–Crippen LogP) is 13.6. The fourth-order valence-corrected chi connectivity index (χ4v) is 8.63. The van der Waals surface area contributed by atoms with Gasteiger partial charge in [-0.3, -0.25) is 0 Å². The second kappa shape index (κ2) is 10.5. The minimum Gasteiger partial charge on any atom is -0.0622 e. The molecule has 0 aliphatic heterocycles. The first-order chi connectivity index (χ1) is 24.1. The summed E-state index contributed by atoms with van der Waals surface area (Å²) < 4.78 is 0. The van der Waals surface area contributed by atoms with E-state index in [1.54, 1.807) is 0 Å². The van der Waals surface area contributed by atoms with Crippen LogP contribution in [0.1, 0.15) is 25.0 Å². The molecule has 0 saturated carbocycles. The van der Waals surface area contributed by atoms with Crippen LogP contribution in [0.25, 0.3) is 87.6 Å². The molecule has 230 valence electrons. The number of rotatable bonds is 3. The minimum atomic E-state index is -0.0564. The molecule has 0 saturated heterocycles. The molecule has 0 atom stereocenters. The van der Waals surface area contributed by atoms with Crippen LogP contribution in [0.15, 0.2) is 170 Å². The highest BCUT2D eigenvalue weighted by atomic mass is 14.4. The molecular formula is C49H34. The van der Waals surface area contributed by atoms with E-state index in [0.29, 0.717) is 0 Å². The first-order valence-electron chi connectivity index (χ1n) is 17.3. The fourth-order valence-electron chi connectivity index (χ4n) is 8.63. The van der Waals surface area contributed by atoms with Gasteiger partial charge in [-0.1, -0.05) is 159 Å². The van der Waals surface area contributed by atoms with Crippen LogP contribution in [-0.2, 0) is 5.41 Å². The van der Waals surface area contributed by atoms with Gasteiger partial charge in [-0.15, -0.1) is 0 Å². The van der Waals surface area contributed by atoms with Crippen LogP contribution >= 0.6 is 0 Å². The number of hydrogen-bond acceptors (Lipinski definition) is 0. The molecule has 0 fully saturated rings. The Morgan fingerprint density at radius 1 is 0.306 bits per heavy atom. The smallest absolute Gasteiger partial charge is 0.0159 e. The molecular weight excluding hydrogens is 589 g/mol. The summed E-state index contributed by atoms with van der Waals surface area (Å²) in [6.07, 6.45) is 0. The van der Waals surface area contributed by atoms with Crippen LogP contribution < -0.4 is 0 Å². The Kier molecular flexibility index (Phi) is 6.02. The Hall–Kier alpha value is -5.98. The summed E-state index contributed by atoms with van der Waals surface area (Å²) in [4.78, 5) is 0. The molecule has 9 aromatic rings. The van der Waals surface area contributed by atoms with E-state index in [0.717, 1.165) is 0 Å². The monoisotopic (exact) mass is 622 g/mol. The third-order valence-electron chi connectivity index (χ3n) is 11.0. The normalized spacial score (nSPS) is 13.3. The Morgan fingerprint density at radius 3 is 1.59 bits per heavy atom. The van der Waals surface area contributed by atoms with Gasteiger partial charge in [0.25, 0.3) is 0 Å². The molecule has 0 nitrogen and oxygen atoms in total. The summed E-state index contributed by atoms with van der Waals surface area (Å²) in [5.74, 6) is 0. The Bertz CT molecular complexity index is 2720. The van der Waals surface area contributed by atoms with Gasteiger partial charge in [-0.05, 0) is 123 Å². The lowest BCUT2D eigenvalue weighted by Gasteiger charge is -2.23. The van der Waals surface area contributed by atoms with Crippen molar-refractivity contribution in [2.75, 3.05) is 0 Å². The van der Waals surface area contributed by atoms with Crippen LogP contribution in [0, 0.1) is 0 Å². The second-order valence-electron chi connectivity index (χ2n) is 14.1. The van der Waals surface area contributed by atoms with Crippen LogP contribution in [0.2, 0.25) is 0 Å². The van der Waals surface area contributed by atoms with Gasteiger partial charge in [0, 0.05) is 5.41 Å². The molecule has 1 aliphatic carbocycles. The lowest BCUT2D eigenvalue weighted by molar-refractivity contribution is 0.661. The zero-order chi connectivity index (χ0) is 32.7. The Labute approximate surface area is 286 Å². The average molecular weight is 623 g/mol. The Morgan fingerprint density at radius 2 is 0.878 bits per heavy atom. The van der Waals surface area contributed by atoms with Crippen LogP contribution in [-0.4, -0.2) is 0 Å². The fraction of sp³-hybridized carbons (Fsp3) is 0.0612. The van der Waals surface area contributed by atoms with Crippen LogP contribution in [0.3, 0.4) is 0 Å². The van der Waals surface area contributed by atoms with Gasteiger partial charge in [0.2, 0.25) is 0 Å². The lowest BCUT2D eigenvalue weighted by Crippen LogP contribution is -2.14. The highest BCUT2D eigenvalue weighted by Crippen LogP contribution is 2.52. The van der Waals surface area contributed by atoms with E-state index in [9.17, 15) is 0 Å². The van der Waals surface area contributed by atoms with E-state index < -0.39 is 0 Å². The van der Waals surface area contributed by atoms with Crippen molar-refractivity contribution in [1.82, 2.24) is 0 Å². The lowest BCUT2D eigenvalue weighted by atomic mass is 9.80. The predicted molar refractivity (Wildman–Crippen MR) is 210 cm³/mol. The summed E-state index contributed by atoms with van der Waals surface area (Å²) >= 11 is 0. The zero-order valence-corrected chi connectivity index (χ0v) is 27.7. The van der Waals surface area contributed by atoms with Crippen molar-refractivity contribution in [2.24, 2.45) is 0 Å². The van der Waals surface area contributed by atoms with Gasteiger partial charge in [-0.2, -0.15) is 0 Å². The van der Waals surface area contributed by atoms with Crippen molar-refractivity contribution >= 4 is 43.1 Å². The maximum Gasteiger partial charge on any atom is 0.0159 e. The molecule has 0 radical (unpaired) electrons. The highest BCUT2D eigenvalue weighted by molar-refractivity contribution is 6.24. The molecule has 49 heavy (non-hydrogen) atoms. The Balaban J connectivity index is 1.21. The van der Waals surface area contributed by atoms with Crippen molar-refractivity contribution in [3.63, 3.8) is 0 Å². The largest absolute Gasteiger partial charge is 0.0622 e. The van der Waals surface area contributed by atoms with Crippen molar-refractivity contribution in [2.45, 2.75) is 19.3 Å². The van der Waals surface area contributed by atoms with E-state index in [1.165, 1.54) is 98.7 Å². The maximum absolute atomic E-state index is 2.49. The van der Waals surface area contributed by atoms with Gasteiger partial charge in [0.05, 0.1) is 0 Å². The molecule has 1 aliphatic rings. The summed E-state index contributed by atoms with van der Waals surface area (Å²) in [7, 11) is 0. The van der Waals surface area contributed by atoms with E-state index in [-0.39, 0.29) is 5.41 Å². The molecule has 0 bridgehead atoms. The summed E-state index contributed by atoms with van der Waals surface area (Å²) in [5, 5.41) is 10.2. The van der Waals surface area contributed by atoms with E-state index in [1.807, 2.05) is 0 Å². The summed E-state index contributed by atoms with van der Waals surface area (Å²) in [5.41, 5.74) is 13.1. The third kappa shape index (κ3) is 4.17. The molecule has 0 heteroatoms. The maximum atomic E-state index is 2.49. The van der Waals surface area contributed by atoms with Gasteiger partial charge in [0.1, 0.15) is 0 Å². The summed E-state index contributed by atoms with van der Waals surface area (Å²) in [6.45, 7) is 4.75. The molecule has 0 N–H and O–H groups in total. The number of fused-ring (bicyclic) bond motifs is 7. The van der Waals surface area contributed by atoms with Crippen LogP contribution in [0.4, 0.5) is 0 Å². The van der Waals surface area contributed by atoms with E-state index >= 15 is 0 Å². The molecule has 0 spiro atoms. The summed E-state index contributed by atoms with van der Waals surface area (Å²) in [6, 6.07) is 63.2. The van der Waals surface area contributed by atoms with Gasteiger partial charge in [-0.25, -0.2) is 0 Å². The quantitative estimate of drug-likeness (QED) is 0.172. The SMILES string of the molecule is CC1(C)c2ccccc2-c2cc3cccc(-c4c5ccccc5c(-c5ccc6cc(-c7ccccc7)ccc6c5)c5ccccc45)c3cc21. The topological polar surface area (TPSA) is 0 Å². The molecule has 10 rings (SSSR count). The second-order valence-corrected chi connectivity index (χ2v) is 14.1. The highest BCUT2D eigenvalue weighted by Gasteiger charge is 2.35. The first-order valence-corrected chi connectivity index (χ1v) is 17.3. The van der Waals surface area contributed by atoms with Crippen molar-refractivity contribution in [1.29, 1.82) is 0 Å². The molecule has 0 heterocycles. The van der Waals surface area contributed by atoms with Crippen molar-refractivity contribution < 1.29 is 0 Å². The van der Waals surface area contributed by atoms with Gasteiger partial charge >= 0.3 is 0 Å². The van der Waals surface area contributed by atoms with Crippen molar-refractivity contribution in [3.8, 4) is 44.5 Å². The molecule has 9 aromatic carbocycles. The molecule has 0 amide bonds. The minimum absolute atomic E-state index is 0.0564. The number of benzene rings is 9. The van der Waals surface area contributed by atoms with Gasteiger partial charge in [0.15, 0.2) is 0 Å². The number of hydrogen-bond donors (Lipinski definition) is 0.